The Bertz CT molecular complexity index is 1030. The van der Waals surface area contributed by atoms with Gasteiger partial charge in [-0.25, -0.2) is 0 Å². The minimum atomic E-state index is -0.257. The summed E-state index contributed by atoms with van der Waals surface area (Å²) in [6.07, 6.45) is 3.22. The molecule has 0 bridgehead atoms. The first-order valence-electron chi connectivity index (χ1n) is 11.5. The standard InChI is InChI=1S/C29H34O3/c1-21(30)15-28(2)16-24(22-11-7-5-8-12-22)25-17-29(19-31-3,20-32-4)18-26(25)27(28)23-13-9-6-10-14-23/h5-14H,15-20H2,1-4H3. The Balaban J connectivity index is 2.00. The van der Waals surface area contributed by atoms with E-state index >= 15 is 0 Å². The third-order valence-electron chi connectivity index (χ3n) is 7.03. The molecule has 1 saturated carbocycles. The van der Waals surface area contributed by atoms with E-state index in [1.807, 2.05) is 0 Å². The lowest BCUT2D eigenvalue weighted by molar-refractivity contribution is -0.118. The van der Waals surface area contributed by atoms with Crippen LogP contribution in [0.1, 0.15) is 50.7 Å². The molecule has 2 aliphatic rings. The smallest absolute Gasteiger partial charge is 0.130 e. The van der Waals surface area contributed by atoms with Crippen LogP contribution in [0.15, 0.2) is 71.8 Å². The van der Waals surface area contributed by atoms with Crippen LogP contribution in [0.5, 0.6) is 0 Å². The van der Waals surface area contributed by atoms with E-state index in [-0.39, 0.29) is 16.6 Å². The van der Waals surface area contributed by atoms with E-state index < -0.39 is 0 Å². The van der Waals surface area contributed by atoms with Crippen LogP contribution >= 0.6 is 0 Å². The molecular formula is C29H34O3. The summed E-state index contributed by atoms with van der Waals surface area (Å²) in [7, 11) is 3.55. The number of hydrogen-bond acceptors (Lipinski definition) is 3. The molecule has 2 aromatic carbocycles. The number of methoxy groups -OCH3 is 2. The van der Waals surface area contributed by atoms with Crippen LogP contribution in [0.4, 0.5) is 0 Å². The highest BCUT2D eigenvalue weighted by Gasteiger charge is 2.48. The first-order valence-corrected chi connectivity index (χ1v) is 11.5. The number of ether oxygens (including phenoxy) is 2. The van der Waals surface area contributed by atoms with Gasteiger partial charge in [-0.3, -0.25) is 4.79 Å². The number of rotatable bonds is 8. The van der Waals surface area contributed by atoms with Crippen LogP contribution in [0.3, 0.4) is 0 Å². The van der Waals surface area contributed by atoms with Crippen LogP contribution in [-0.2, 0) is 14.3 Å². The van der Waals surface area contributed by atoms with E-state index in [0.717, 1.165) is 19.3 Å². The van der Waals surface area contributed by atoms with Crippen molar-refractivity contribution in [1.82, 2.24) is 0 Å². The van der Waals surface area contributed by atoms with Gasteiger partial charge in [0.1, 0.15) is 5.78 Å². The second-order valence-electron chi connectivity index (χ2n) is 9.88. The van der Waals surface area contributed by atoms with Gasteiger partial charge in [-0.1, -0.05) is 67.6 Å². The Hall–Kier alpha value is -2.49. The molecule has 2 aliphatic carbocycles. The molecule has 3 heteroatoms. The molecule has 168 valence electrons. The zero-order chi connectivity index (χ0) is 22.8. The maximum Gasteiger partial charge on any atom is 0.130 e. The third-order valence-corrected chi connectivity index (χ3v) is 7.03. The fourth-order valence-corrected chi connectivity index (χ4v) is 6.11. The molecular weight excluding hydrogens is 396 g/mol. The van der Waals surface area contributed by atoms with Crippen molar-refractivity contribution in [3.05, 3.63) is 82.9 Å². The maximum atomic E-state index is 12.5. The first-order chi connectivity index (χ1) is 15.4. The molecule has 0 aromatic heterocycles. The highest BCUT2D eigenvalue weighted by molar-refractivity contribution is 5.91. The third kappa shape index (κ3) is 4.24. The number of hydrogen-bond donors (Lipinski definition) is 0. The lowest BCUT2D eigenvalue weighted by Gasteiger charge is -2.39. The average Bonchev–Trinajstić information content (AvgIpc) is 3.12. The molecule has 0 aliphatic heterocycles. The summed E-state index contributed by atoms with van der Waals surface area (Å²) in [6.45, 7) is 5.30. The Labute approximate surface area is 192 Å². The first kappa shape index (κ1) is 22.7. The zero-order valence-corrected chi connectivity index (χ0v) is 19.7. The number of benzene rings is 2. The molecule has 2 aromatic rings. The van der Waals surface area contributed by atoms with Gasteiger partial charge in [0.05, 0.1) is 13.2 Å². The van der Waals surface area contributed by atoms with Gasteiger partial charge in [-0.05, 0) is 59.6 Å². The molecule has 0 heterocycles. The van der Waals surface area contributed by atoms with Crippen LogP contribution in [0, 0.1) is 10.8 Å². The van der Waals surface area contributed by atoms with Crippen molar-refractivity contribution in [3.63, 3.8) is 0 Å². The van der Waals surface area contributed by atoms with Crippen molar-refractivity contribution in [3.8, 4) is 0 Å². The summed E-state index contributed by atoms with van der Waals surface area (Å²) < 4.78 is 11.4. The highest BCUT2D eigenvalue weighted by atomic mass is 16.5. The van der Waals surface area contributed by atoms with Crippen molar-refractivity contribution in [2.75, 3.05) is 27.4 Å². The normalized spacial score (nSPS) is 22.2. The van der Waals surface area contributed by atoms with E-state index in [2.05, 4.69) is 67.6 Å². The molecule has 32 heavy (non-hydrogen) atoms. The Morgan fingerprint density at radius 3 is 1.84 bits per heavy atom. The number of ketones is 1. The van der Waals surface area contributed by atoms with E-state index in [4.69, 9.17) is 9.47 Å². The lowest BCUT2D eigenvalue weighted by Crippen LogP contribution is -2.28. The Morgan fingerprint density at radius 1 is 0.781 bits per heavy atom. The summed E-state index contributed by atoms with van der Waals surface area (Å²) in [5.74, 6) is 0.232. The second-order valence-corrected chi connectivity index (χ2v) is 9.88. The summed E-state index contributed by atoms with van der Waals surface area (Å²) in [4.78, 5) is 12.5. The maximum absolute atomic E-state index is 12.5. The number of Topliss-reactive ketones (excluding diaryl/α,β-unsaturated/α-hetero) is 1. The summed E-state index contributed by atoms with van der Waals surface area (Å²) in [6, 6.07) is 21.3. The zero-order valence-electron chi connectivity index (χ0n) is 19.7. The average molecular weight is 431 g/mol. The fourth-order valence-electron chi connectivity index (χ4n) is 6.11. The van der Waals surface area contributed by atoms with Crippen molar-refractivity contribution in [2.24, 2.45) is 10.8 Å². The van der Waals surface area contributed by atoms with Gasteiger partial charge in [0.15, 0.2) is 0 Å². The summed E-state index contributed by atoms with van der Waals surface area (Å²) in [5, 5.41) is 0. The largest absolute Gasteiger partial charge is 0.384 e. The molecule has 1 fully saturated rings. The molecule has 0 radical (unpaired) electrons. The van der Waals surface area contributed by atoms with E-state index in [9.17, 15) is 4.79 Å². The van der Waals surface area contributed by atoms with Gasteiger partial charge in [0.25, 0.3) is 0 Å². The molecule has 1 atom stereocenters. The fraction of sp³-hybridized carbons (Fsp3) is 0.414. The van der Waals surface area contributed by atoms with Crippen LogP contribution < -0.4 is 0 Å². The van der Waals surface area contributed by atoms with Crippen molar-refractivity contribution < 1.29 is 14.3 Å². The molecule has 0 saturated heterocycles. The van der Waals surface area contributed by atoms with Gasteiger partial charge in [-0.2, -0.15) is 0 Å². The van der Waals surface area contributed by atoms with E-state index in [1.165, 1.54) is 33.4 Å². The SMILES string of the molecule is COCC1(COC)CC2=C(c3ccccc3)CC(C)(CC(C)=O)C(c3ccccc3)=C2C1. The Kier molecular flexibility index (Phi) is 6.50. The lowest BCUT2D eigenvalue weighted by atomic mass is 9.64. The molecule has 0 spiro atoms. The van der Waals surface area contributed by atoms with Crippen LogP contribution in [0.2, 0.25) is 0 Å². The molecule has 4 rings (SSSR count). The topological polar surface area (TPSA) is 35.5 Å². The molecule has 0 N–H and O–H groups in total. The quantitative estimate of drug-likeness (QED) is 0.489. The second kappa shape index (κ2) is 9.17. The minimum absolute atomic E-state index is 0.0876. The Morgan fingerprint density at radius 2 is 1.31 bits per heavy atom. The molecule has 3 nitrogen and oxygen atoms in total. The van der Waals surface area contributed by atoms with E-state index in [1.54, 1.807) is 21.1 Å². The van der Waals surface area contributed by atoms with Crippen LogP contribution in [0.25, 0.3) is 11.1 Å². The number of carbonyl (C=O) groups excluding carboxylic acids is 1. The van der Waals surface area contributed by atoms with Gasteiger partial charge >= 0.3 is 0 Å². The predicted octanol–water partition coefficient (Wildman–Crippen LogP) is 6.36. The highest BCUT2D eigenvalue weighted by Crippen LogP contribution is 2.60. The minimum Gasteiger partial charge on any atom is -0.384 e. The van der Waals surface area contributed by atoms with Crippen molar-refractivity contribution in [1.29, 1.82) is 0 Å². The molecule has 0 amide bonds. The van der Waals surface area contributed by atoms with Gasteiger partial charge in [-0.15, -0.1) is 0 Å². The van der Waals surface area contributed by atoms with Crippen molar-refractivity contribution in [2.45, 2.75) is 39.5 Å². The molecule has 1 unspecified atom stereocenters. The van der Waals surface area contributed by atoms with Gasteiger partial charge < -0.3 is 9.47 Å². The van der Waals surface area contributed by atoms with E-state index in [0.29, 0.717) is 19.6 Å². The predicted molar refractivity (Wildman–Crippen MR) is 130 cm³/mol. The monoisotopic (exact) mass is 430 g/mol. The summed E-state index contributed by atoms with van der Waals surface area (Å²) >= 11 is 0. The number of fused-ring (bicyclic) bond motifs is 1. The number of carbonyl (C=O) groups is 1. The van der Waals surface area contributed by atoms with Gasteiger partial charge in [0, 0.05) is 31.5 Å². The van der Waals surface area contributed by atoms with Gasteiger partial charge in [0.2, 0.25) is 0 Å². The summed E-state index contributed by atoms with van der Waals surface area (Å²) in [5.41, 5.74) is 7.65. The number of allylic oxidation sites excluding steroid dienone is 4. The van der Waals surface area contributed by atoms with Crippen LogP contribution in [-0.4, -0.2) is 33.2 Å². The van der Waals surface area contributed by atoms with Crippen molar-refractivity contribution >= 4 is 16.9 Å².